The second-order valence-corrected chi connectivity index (χ2v) is 8.02. The first-order valence-corrected chi connectivity index (χ1v) is 10.3. The van der Waals surface area contributed by atoms with Crippen molar-refractivity contribution in [2.45, 2.75) is 6.54 Å². The van der Waals surface area contributed by atoms with E-state index in [0.717, 1.165) is 30.2 Å². The summed E-state index contributed by atoms with van der Waals surface area (Å²) in [5.74, 6) is -0.302. The fourth-order valence-corrected chi connectivity index (χ4v) is 4.37. The summed E-state index contributed by atoms with van der Waals surface area (Å²) in [6.07, 6.45) is 3.14. The minimum atomic E-state index is -0.439. The molecule has 3 aromatic rings. The van der Waals surface area contributed by atoms with Gasteiger partial charge in [-0.3, -0.25) is 9.69 Å². The Bertz CT molecular complexity index is 1010. The number of hydrogen-bond donors (Lipinski definition) is 0. The molecule has 2 aromatic carbocycles. The molecule has 1 aliphatic rings. The van der Waals surface area contributed by atoms with Crippen LogP contribution in [-0.4, -0.2) is 54.0 Å². The summed E-state index contributed by atoms with van der Waals surface area (Å²) in [5.41, 5.74) is 1.67. The number of piperazine rings is 1. The molecule has 1 fully saturated rings. The maximum Gasteiger partial charge on any atom is 0.246 e. The molecule has 0 atom stereocenters. The highest BCUT2D eigenvalue weighted by molar-refractivity contribution is 7.18. The number of carbonyl (C=O) groups excluding carboxylic acids is 1. The summed E-state index contributed by atoms with van der Waals surface area (Å²) >= 11 is 1.72. The Morgan fingerprint density at radius 2 is 2.00 bits per heavy atom. The van der Waals surface area contributed by atoms with Crippen LogP contribution < -0.4 is 4.74 Å². The second-order valence-electron chi connectivity index (χ2n) is 6.90. The minimum absolute atomic E-state index is 0.0548. The summed E-state index contributed by atoms with van der Waals surface area (Å²) in [6, 6.07) is 12.8. The predicted molar refractivity (Wildman–Crippen MR) is 113 cm³/mol. The summed E-state index contributed by atoms with van der Waals surface area (Å²) < 4.78 is 19.9. The van der Waals surface area contributed by atoms with Crippen molar-refractivity contribution in [2.75, 3.05) is 33.3 Å². The number of benzene rings is 2. The summed E-state index contributed by atoms with van der Waals surface area (Å²) in [6.45, 7) is 3.78. The molecule has 1 amide bonds. The first-order valence-electron chi connectivity index (χ1n) is 9.50. The van der Waals surface area contributed by atoms with Crippen molar-refractivity contribution in [1.29, 1.82) is 0 Å². The number of halogens is 1. The van der Waals surface area contributed by atoms with Crippen LogP contribution in [0.2, 0.25) is 0 Å². The molecule has 1 saturated heterocycles. The van der Waals surface area contributed by atoms with Crippen molar-refractivity contribution >= 4 is 33.5 Å². The van der Waals surface area contributed by atoms with Crippen LogP contribution in [0.1, 0.15) is 10.6 Å². The van der Waals surface area contributed by atoms with Crippen LogP contribution in [0.25, 0.3) is 16.3 Å². The lowest BCUT2D eigenvalue weighted by molar-refractivity contribution is -0.127. The quantitative estimate of drug-likeness (QED) is 0.599. The highest BCUT2D eigenvalue weighted by Crippen LogP contribution is 2.23. The van der Waals surface area contributed by atoms with Crippen LogP contribution in [0.5, 0.6) is 5.75 Å². The van der Waals surface area contributed by atoms with Crippen LogP contribution in [-0.2, 0) is 11.3 Å². The number of aromatic nitrogens is 1. The van der Waals surface area contributed by atoms with E-state index in [2.05, 4.69) is 16.0 Å². The van der Waals surface area contributed by atoms with Gasteiger partial charge in [0.2, 0.25) is 5.91 Å². The van der Waals surface area contributed by atoms with Crippen molar-refractivity contribution in [2.24, 2.45) is 0 Å². The Balaban J connectivity index is 1.30. The first-order chi connectivity index (χ1) is 14.1. The van der Waals surface area contributed by atoms with Gasteiger partial charge in [-0.05, 0) is 35.9 Å². The van der Waals surface area contributed by atoms with Gasteiger partial charge in [-0.25, -0.2) is 9.37 Å². The molecule has 0 aliphatic carbocycles. The molecule has 0 bridgehead atoms. The van der Waals surface area contributed by atoms with E-state index in [1.54, 1.807) is 29.5 Å². The lowest BCUT2D eigenvalue weighted by Crippen LogP contribution is -2.47. The second kappa shape index (κ2) is 8.71. The maximum absolute atomic E-state index is 13.8. The molecule has 2 heterocycles. The number of ether oxygens (including phenoxy) is 1. The molecule has 0 saturated carbocycles. The van der Waals surface area contributed by atoms with E-state index >= 15 is 0 Å². The molecule has 29 heavy (non-hydrogen) atoms. The van der Waals surface area contributed by atoms with Gasteiger partial charge < -0.3 is 9.64 Å². The van der Waals surface area contributed by atoms with E-state index < -0.39 is 5.82 Å². The summed E-state index contributed by atoms with van der Waals surface area (Å²) in [4.78, 5) is 21.3. The molecule has 0 spiro atoms. The largest absolute Gasteiger partial charge is 0.494 e. The average Bonchev–Trinajstić information content (AvgIpc) is 3.15. The lowest BCUT2D eigenvalue weighted by Gasteiger charge is -2.33. The van der Waals surface area contributed by atoms with E-state index in [1.807, 2.05) is 23.1 Å². The fraction of sp³-hybridized carbons (Fsp3) is 0.273. The van der Waals surface area contributed by atoms with E-state index in [4.69, 9.17) is 4.74 Å². The van der Waals surface area contributed by atoms with Gasteiger partial charge in [0.25, 0.3) is 0 Å². The number of carbonyl (C=O) groups is 1. The Hall–Kier alpha value is -2.77. The average molecular weight is 412 g/mol. The Morgan fingerprint density at radius 1 is 1.21 bits per heavy atom. The summed E-state index contributed by atoms with van der Waals surface area (Å²) in [5, 5.41) is 1.10. The van der Waals surface area contributed by atoms with Gasteiger partial charge in [0, 0.05) is 32.3 Å². The number of nitrogens with zero attached hydrogens (tertiary/aromatic N) is 3. The van der Waals surface area contributed by atoms with Crippen molar-refractivity contribution in [1.82, 2.24) is 14.8 Å². The van der Waals surface area contributed by atoms with Crippen LogP contribution in [0.15, 0.2) is 48.5 Å². The third-order valence-electron chi connectivity index (χ3n) is 4.98. The van der Waals surface area contributed by atoms with Crippen LogP contribution >= 0.6 is 11.3 Å². The zero-order chi connectivity index (χ0) is 20.2. The normalized spacial score (nSPS) is 15.3. The third-order valence-corrected chi connectivity index (χ3v) is 6.00. The Labute approximate surface area is 173 Å². The van der Waals surface area contributed by atoms with Crippen molar-refractivity contribution in [3.05, 3.63) is 64.9 Å². The topological polar surface area (TPSA) is 45.7 Å². The molecule has 150 valence electrons. The zero-order valence-electron chi connectivity index (χ0n) is 16.2. The minimum Gasteiger partial charge on any atom is -0.494 e. The number of rotatable bonds is 5. The van der Waals surface area contributed by atoms with Gasteiger partial charge in [0.15, 0.2) is 11.6 Å². The monoisotopic (exact) mass is 411 g/mol. The van der Waals surface area contributed by atoms with E-state index in [-0.39, 0.29) is 11.7 Å². The number of amides is 1. The van der Waals surface area contributed by atoms with Crippen molar-refractivity contribution < 1.29 is 13.9 Å². The third kappa shape index (κ3) is 4.63. The molecule has 0 unspecified atom stereocenters. The van der Waals surface area contributed by atoms with Gasteiger partial charge in [-0.15, -0.1) is 11.3 Å². The van der Waals surface area contributed by atoms with E-state index in [1.165, 1.54) is 24.0 Å². The Morgan fingerprint density at radius 3 is 2.72 bits per heavy atom. The van der Waals surface area contributed by atoms with Gasteiger partial charge in [0.1, 0.15) is 5.01 Å². The number of methoxy groups -OCH3 is 1. The number of thiazole rings is 1. The molecule has 4 rings (SSSR count). The molecule has 7 heteroatoms. The van der Waals surface area contributed by atoms with Gasteiger partial charge in [0.05, 0.1) is 23.9 Å². The number of hydrogen-bond acceptors (Lipinski definition) is 5. The zero-order valence-corrected chi connectivity index (χ0v) is 17.0. The van der Waals surface area contributed by atoms with Gasteiger partial charge >= 0.3 is 0 Å². The molecular formula is C22H22FN3O2S. The van der Waals surface area contributed by atoms with Crippen LogP contribution in [0, 0.1) is 5.82 Å². The first kappa shape index (κ1) is 19.5. The fourth-order valence-electron chi connectivity index (χ4n) is 3.36. The number of para-hydroxylation sites is 1. The maximum atomic E-state index is 13.8. The lowest BCUT2D eigenvalue weighted by atomic mass is 10.2. The highest BCUT2D eigenvalue weighted by atomic mass is 32.1. The predicted octanol–water partition coefficient (Wildman–Crippen LogP) is 3.80. The molecule has 1 aliphatic heterocycles. The van der Waals surface area contributed by atoms with Gasteiger partial charge in [-0.1, -0.05) is 18.2 Å². The van der Waals surface area contributed by atoms with Crippen molar-refractivity contribution in [3.8, 4) is 5.75 Å². The molecule has 0 N–H and O–H groups in total. The molecular weight excluding hydrogens is 389 g/mol. The van der Waals surface area contributed by atoms with Crippen molar-refractivity contribution in [3.63, 3.8) is 0 Å². The SMILES string of the molecule is COc1ccc(/C=C/C(=O)N2CCN(Cc3nc4ccccc4s3)CC2)cc1F. The number of fused-ring (bicyclic) bond motifs is 1. The Kier molecular flexibility index (Phi) is 5.87. The molecule has 5 nitrogen and oxygen atoms in total. The van der Waals surface area contributed by atoms with E-state index in [0.29, 0.717) is 18.7 Å². The summed E-state index contributed by atoms with van der Waals surface area (Å²) in [7, 11) is 1.42. The van der Waals surface area contributed by atoms with Gasteiger partial charge in [-0.2, -0.15) is 0 Å². The molecule has 0 radical (unpaired) electrons. The smallest absolute Gasteiger partial charge is 0.246 e. The van der Waals surface area contributed by atoms with E-state index in [9.17, 15) is 9.18 Å². The van der Waals surface area contributed by atoms with Crippen LogP contribution in [0.3, 0.4) is 0 Å². The standard InChI is InChI=1S/C22H22FN3O2S/c1-28-19-8-6-16(14-17(19)23)7-9-22(27)26-12-10-25(11-13-26)15-21-24-18-4-2-3-5-20(18)29-21/h2-9,14H,10-13,15H2,1H3/b9-7+. The molecule has 1 aromatic heterocycles. The highest BCUT2D eigenvalue weighted by Gasteiger charge is 2.20. The van der Waals surface area contributed by atoms with Crippen LogP contribution in [0.4, 0.5) is 4.39 Å².